The molecule has 3 rings (SSSR count). The Kier molecular flexibility index (Phi) is 8.27. The number of carbonyl (C=O) groups is 1. The van der Waals surface area contributed by atoms with Crippen LogP contribution in [0, 0.1) is 0 Å². The molecule has 30 heavy (non-hydrogen) atoms. The molecular formula is C24H28N2O3S. The van der Waals surface area contributed by atoms with E-state index in [4.69, 9.17) is 9.47 Å². The van der Waals surface area contributed by atoms with Gasteiger partial charge in [0.15, 0.2) is 5.13 Å². The SMILES string of the molecule is CCCCOc1ccc(/C=C/C(=O)Nc2nc3ccc(OCCCC)cc3s2)cc1. The Labute approximate surface area is 181 Å². The summed E-state index contributed by atoms with van der Waals surface area (Å²) in [4.78, 5) is 16.7. The monoisotopic (exact) mass is 424 g/mol. The normalized spacial score (nSPS) is 11.1. The van der Waals surface area contributed by atoms with Gasteiger partial charge in [-0.2, -0.15) is 0 Å². The van der Waals surface area contributed by atoms with Crippen LogP contribution in [0.15, 0.2) is 48.5 Å². The summed E-state index contributed by atoms with van der Waals surface area (Å²) in [7, 11) is 0. The van der Waals surface area contributed by atoms with Crippen molar-refractivity contribution in [3.63, 3.8) is 0 Å². The van der Waals surface area contributed by atoms with E-state index in [0.717, 1.165) is 59.6 Å². The summed E-state index contributed by atoms with van der Waals surface area (Å²) in [5.41, 5.74) is 1.78. The summed E-state index contributed by atoms with van der Waals surface area (Å²) in [5.74, 6) is 1.47. The Morgan fingerprint density at radius 2 is 1.67 bits per heavy atom. The van der Waals surface area contributed by atoms with Gasteiger partial charge in [-0.05, 0) is 54.8 Å². The summed E-state index contributed by atoms with van der Waals surface area (Å²) < 4.78 is 12.4. The second-order valence-corrected chi connectivity index (χ2v) is 7.97. The molecule has 0 bridgehead atoms. The molecule has 2 aromatic carbocycles. The molecule has 0 saturated carbocycles. The molecule has 6 heteroatoms. The smallest absolute Gasteiger partial charge is 0.250 e. The van der Waals surface area contributed by atoms with Crippen LogP contribution < -0.4 is 14.8 Å². The maximum Gasteiger partial charge on any atom is 0.250 e. The van der Waals surface area contributed by atoms with E-state index in [1.165, 1.54) is 17.4 Å². The second-order valence-electron chi connectivity index (χ2n) is 6.94. The van der Waals surface area contributed by atoms with Crippen LogP contribution in [-0.4, -0.2) is 24.1 Å². The molecule has 0 aliphatic heterocycles. The number of carbonyl (C=O) groups excluding carboxylic acids is 1. The molecule has 0 aliphatic carbocycles. The zero-order valence-electron chi connectivity index (χ0n) is 17.5. The Morgan fingerprint density at radius 3 is 2.37 bits per heavy atom. The third kappa shape index (κ3) is 6.59. The summed E-state index contributed by atoms with van der Waals surface area (Å²) in [6, 6.07) is 13.5. The number of unbranched alkanes of at least 4 members (excludes halogenated alkanes) is 2. The molecule has 3 aromatic rings. The van der Waals surface area contributed by atoms with Crippen molar-refractivity contribution in [2.45, 2.75) is 39.5 Å². The van der Waals surface area contributed by atoms with Gasteiger partial charge in [0.1, 0.15) is 11.5 Å². The first kappa shape index (κ1) is 21.8. The number of hydrogen-bond acceptors (Lipinski definition) is 5. The van der Waals surface area contributed by atoms with Crippen LogP contribution in [0.1, 0.15) is 45.1 Å². The van der Waals surface area contributed by atoms with Gasteiger partial charge in [0.05, 0.1) is 23.4 Å². The number of anilines is 1. The van der Waals surface area contributed by atoms with Crippen LogP contribution in [0.5, 0.6) is 11.5 Å². The Bertz CT molecular complexity index is 980. The molecule has 1 N–H and O–H groups in total. The summed E-state index contributed by atoms with van der Waals surface area (Å²) >= 11 is 1.44. The van der Waals surface area contributed by atoms with Crippen molar-refractivity contribution in [1.82, 2.24) is 4.98 Å². The lowest BCUT2D eigenvalue weighted by Gasteiger charge is -2.05. The maximum absolute atomic E-state index is 12.3. The molecule has 0 saturated heterocycles. The highest BCUT2D eigenvalue weighted by molar-refractivity contribution is 7.22. The number of rotatable bonds is 11. The topological polar surface area (TPSA) is 60.5 Å². The third-order valence-electron chi connectivity index (χ3n) is 4.43. The lowest BCUT2D eigenvalue weighted by atomic mass is 10.2. The molecule has 0 atom stereocenters. The third-order valence-corrected chi connectivity index (χ3v) is 5.36. The minimum atomic E-state index is -0.211. The van der Waals surface area contributed by atoms with Gasteiger partial charge in [-0.1, -0.05) is 50.2 Å². The van der Waals surface area contributed by atoms with Gasteiger partial charge in [0.2, 0.25) is 5.91 Å². The number of aromatic nitrogens is 1. The fourth-order valence-corrected chi connectivity index (χ4v) is 3.61. The van der Waals surface area contributed by atoms with E-state index in [9.17, 15) is 4.79 Å². The Hall–Kier alpha value is -2.86. The van der Waals surface area contributed by atoms with Crippen LogP contribution in [0.4, 0.5) is 5.13 Å². The minimum Gasteiger partial charge on any atom is -0.494 e. The second kappa shape index (κ2) is 11.4. The van der Waals surface area contributed by atoms with Crippen LogP contribution in [0.2, 0.25) is 0 Å². The van der Waals surface area contributed by atoms with Gasteiger partial charge < -0.3 is 9.47 Å². The fraction of sp³-hybridized carbons (Fsp3) is 0.333. The predicted molar refractivity (Wildman–Crippen MR) is 125 cm³/mol. The van der Waals surface area contributed by atoms with E-state index in [1.807, 2.05) is 42.5 Å². The molecule has 0 unspecified atom stereocenters. The first-order valence-corrected chi connectivity index (χ1v) is 11.2. The number of hydrogen-bond donors (Lipinski definition) is 1. The van der Waals surface area contributed by atoms with Crippen molar-refractivity contribution in [3.05, 3.63) is 54.1 Å². The van der Waals surface area contributed by atoms with Crippen LogP contribution in [-0.2, 0) is 4.79 Å². The minimum absolute atomic E-state index is 0.211. The Morgan fingerprint density at radius 1 is 1.00 bits per heavy atom. The van der Waals surface area contributed by atoms with Crippen molar-refractivity contribution >= 4 is 38.7 Å². The Balaban J connectivity index is 1.55. The number of ether oxygens (including phenoxy) is 2. The first-order valence-electron chi connectivity index (χ1n) is 10.4. The van der Waals surface area contributed by atoms with E-state index < -0.39 is 0 Å². The molecule has 0 radical (unpaired) electrons. The zero-order valence-corrected chi connectivity index (χ0v) is 18.3. The van der Waals surface area contributed by atoms with Crippen molar-refractivity contribution < 1.29 is 14.3 Å². The van der Waals surface area contributed by atoms with Crippen molar-refractivity contribution in [3.8, 4) is 11.5 Å². The van der Waals surface area contributed by atoms with Gasteiger partial charge in [-0.25, -0.2) is 4.98 Å². The van der Waals surface area contributed by atoms with E-state index in [2.05, 4.69) is 24.1 Å². The number of nitrogens with one attached hydrogen (secondary N) is 1. The quantitative estimate of drug-likeness (QED) is 0.290. The summed E-state index contributed by atoms with van der Waals surface area (Å²) in [5, 5.41) is 3.41. The molecular weight excluding hydrogens is 396 g/mol. The van der Waals surface area contributed by atoms with Crippen molar-refractivity contribution in [2.75, 3.05) is 18.5 Å². The van der Waals surface area contributed by atoms with Crippen LogP contribution in [0.3, 0.4) is 0 Å². The largest absolute Gasteiger partial charge is 0.494 e. The number of fused-ring (bicyclic) bond motifs is 1. The molecule has 1 aromatic heterocycles. The number of benzene rings is 2. The van der Waals surface area contributed by atoms with E-state index in [1.54, 1.807) is 6.08 Å². The maximum atomic E-state index is 12.3. The summed E-state index contributed by atoms with van der Waals surface area (Å²) in [6.45, 7) is 5.71. The standard InChI is InChI=1S/C24H28N2O3S/c1-3-5-15-28-19-10-7-18(8-11-19)9-14-23(27)26-24-25-21-13-12-20(17-22(21)30-24)29-16-6-4-2/h7-14,17H,3-6,15-16H2,1-2H3,(H,25,26,27)/b14-9+. The highest BCUT2D eigenvalue weighted by Gasteiger charge is 2.07. The van der Waals surface area contributed by atoms with Gasteiger partial charge in [-0.15, -0.1) is 0 Å². The van der Waals surface area contributed by atoms with Crippen LogP contribution >= 0.6 is 11.3 Å². The number of nitrogens with zero attached hydrogens (tertiary/aromatic N) is 1. The van der Waals surface area contributed by atoms with Crippen LogP contribution in [0.25, 0.3) is 16.3 Å². The van der Waals surface area contributed by atoms with Crippen molar-refractivity contribution in [1.29, 1.82) is 0 Å². The lowest BCUT2D eigenvalue weighted by molar-refractivity contribution is -0.111. The van der Waals surface area contributed by atoms with E-state index in [-0.39, 0.29) is 5.91 Å². The molecule has 1 heterocycles. The molecule has 0 spiro atoms. The molecule has 1 amide bonds. The highest BCUT2D eigenvalue weighted by atomic mass is 32.1. The van der Waals surface area contributed by atoms with E-state index >= 15 is 0 Å². The lowest BCUT2D eigenvalue weighted by Crippen LogP contribution is -2.07. The molecule has 158 valence electrons. The average molecular weight is 425 g/mol. The molecule has 0 fully saturated rings. The average Bonchev–Trinajstić information content (AvgIpc) is 3.15. The number of thiazole rings is 1. The van der Waals surface area contributed by atoms with Crippen molar-refractivity contribution in [2.24, 2.45) is 0 Å². The summed E-state index contributed by atoms with van der Waals surface area (Å²) in [6.07, 6.45) is 7.57. The van der Waals surface area contributed by atoms with Gasteiger partial charge in [-0.3, -0.25) is 10.1 Å². The van der Waals surface area contributed by atoms with Gasteiger partial charge >= 0.3 is 0 Å². The number of amides is 1. The predicted octanol–water partition coefficient (Wildman–Crippen LogP) is 6.31. The zero-order chi connectivity index (χ0) is 21.2. The fourth-order valence-electron chi connectivity index (χ4n) is 2.71. The van der Waals surface area contributed by atoms with Gasteiger partial charge in [0.25, 0.3) is 0 Å². The first-order chi connectivity index (χ1) is 14.7. The van der Waals surface area contributed by atoms with E-state index in [0.29, 0.717) is 11.7 Å². The highest BCUT2D eigenvalue weighted by Crippen LogP contribution is 2.29. The molecule has 5 nitrogen and oxygen atoms in total. The molecule has 0 aliphatic rings. The van der Waals surface area contributed by atoms with Gasteiger partial charge in [0, 0.05) is 6.08 Å².